The Morgan fingerprint density at radius 2 is 1.92 bits per heavy atom. The number of carbonyl (C=O) groups is 2. The van der Waals surface area contributed by atoms with Gasteiger partial charge in [-0.1, -0.05) is 6.07 Å². The molecule has 1 atom stereocenters. The Kier molecular flexibility index (Phi) is 5.36. The highest BCUT2D eigenvalue weighted by Gasteiger charge is 2.28. The number of piperidine rings is 1. The highest BCUT2D eigenvalue weighted by molar-refractivity contribution is 5.89. The van der Waals surface area contributed by atoms with Gasteiger partial charge < -0.3 is 20.1 Å². The molecule has 1 aliphatic rings. The van der Waals surface area contributed by atoms with Crippen molar-refractivity contribution in [3.8, 4) is 11.5 Å². The van der Waals surface area contributed by atoms with Gasteiger partial charge in [0.1, 0.15) is 17.3 Å². The Labute approximate surface area is 150 Å². The molecular formula is C19H19FN2O4. The highest BCUT2D eigenvalue weighted by atomic mass is 19.1. The summed E-state index contributed by atoms with van der Waals surface area (Å²) in [7, 11) is 0. The number of nitrogens with zero attached hydrogens (tertiary/aromatic N) is 1. The lowest BCUT2D eigenvalue weighted by molar-refractivity contribution is -0.143. The number of halogens is 1. The monoisotopic (exact) mass is 358 g/mol. The normalized spacial score (nSPS) is 16.8. The van der Waals surface area contributed by atoms with Crippen LogP contribution in [-0.2, 0) is 4.79 Å². The molecule has 1 heterocycles. The van der Waals surface area contributed by atoms with Crippen LogP contribution in [0.2, 0.25) is 0 Å². The van der Waals surface area contributed by atoms with Gasteiger partial charge in [-0.15, -0.1) is 0 Å². The maximum absolute atomic E-state index is 13.2. The first-order chi connectivity index (χ1) is 12.5. The SMILES string of the molecule is O=C(O)C1CCCN(C(=O)Nc2ccc(Oc3cccc(F)c3)cc2)C1. The number of amides is 2. The third kappa shape index (κ3) is 4.50. The van der Waals surface area contributed by atoms with E-state index in [1.54, 1.807) is 36.4 Å². The molecule has 0 aromatic heterocycles. The van der Waals surface area contributed by atoms with Crippen LogP contribution in [0.5, 0.6) is 11.5 Å². The molecule has 2 amide bonds. The summed E-state index contributed by atoms with van der Waals surface area (Å²) in [4.78, 5) is 24.9. The van der Waals surface area contributed by atoms with Crippen molar-refractivity contribution in [2.45, 2.75) is 12.8 Å². The standard InChI is InChI=1S/C19H19FN2O4/c20-14-4-1-5-17(11-14)26-16-8-6-15(7-9-16)21-19(25)22-10-2-3-13(12-22)18(23)24/h1,4-9,11,13H,2-3,10,12H2,(H,21,25)(H,23,24). The van der Waals surface area contributed by atoms with Gasteiger partial charge in [0, 0.05) is 24.8 Å². The van der Waals surface area contributed by atoms with E-state index in [9.17, 15) is 14.0 Å². The molecule has 2 aromatic carbocycles. The van der Waals surface area contributed by atoms with E-state index in [-0.39, 0.29) is 18.4 Å². The van der Waals surface area contributed by atoms with Crippen LogP contribution in [0, 0.1) is 11.7 Å². The van der Waals surface area contributed by atoms with Crippen LogP contribution in [0.4, 0.5) is 14.9 Å². The first-order valence-electron chi connectivity index (χ1n) is 8.33. The van der Waals surface area contributed by atoms with Crippen molar-refractivity contribution in [2.24, 2.45) is 5.92 Å². The maximum atomic E-state index is 13.2. The highest BCUT2D eigenvalue weighted by Crippen LogP contribution is 2.24. The number of urea groups is 1. The molecule has 1 fully saturated rings. The Hall–Kier alpha value is -3.09. The first kappa shape index (κ1) is 17.7. The zero-order chi connectivity index (χ0) is 18.5. The van der Waals surface area contributed by atoms with Crippen molar-refractivity contribution < 1.29 is 23.8 Å². The molecule has 0 spiro atoms. The minimum absolute atomic E-state index is 0.210. The molecule has 0 saturated carbocycles. The van der Waals surface area contributed by atoms with Crippen LogP contribution in [0.15, 0.2) is 48.5 Å². The van der Waals surface area contributed by atoms with E-state index >= 15 is 0 Å². The van der Waals surface area contributed by atoms with Gasteiger partial charge in [0.2, 0.25) is 0 Å². The fourth-order valence-electron chi connectivity index (χ4n) is 2.84. The summed E-state index contributed by atoms with van der Waals surface area (Å²) < 4.78 is 18.7. The van der Waals surface area contributed by atoms with Crippen LogP contribution in [0.25, 0.3) is 0 Å². The van der Waals surface area contributed by atoms with E-state index in [0.29, 0.717) is 36.6 Å². The Morgan fingerprint density at radius 1 is 1.15 bits per heavy atom. The number of aliphatic carboxylic acids is 1. The zero-order valence-electron chi connectivity index (χ0n) is 14.0. The summed E-state index contributed by atoms with van der Waals surface area (Å²) in [5, 5.41) is 11.9. The van der Waals surface area contributed by atoms with Gasteiger partial charge in [-0.25, -0.2) is 9.18 Å². The third-order valence-corrected chi connectivity index (χ3v) is 4.20. The number of nitrogens with one attached hydrogen (secondary N) is 1. The van der Waals surface area contributed by atoms with Gasteiger partial charge in [0.25, 0.3) is 0 Å². The lowest BCUT2D eigenvalue weighted by Gasteiger charge is -2.30. The molecular weight excluding hydrogens is 339 g/mol. The molecule has 0 aliphatic carbocycles. The molecule has 6 nitrogen and oxygen atoms in total. The molecule has 1 saturated heterocycles. The quantitative estimate of drug-likeness (QED) is 0.867. The Morgan fingerprint density at radius 3 is 2.62 bits per heavy atom. The van der Waals surface area contributed by atoms with E-state index < -0.39 is 11.9 Å². The molecule has 2 aromatic rings. The zero-order valence-corrected chi connectivity index (χ0v) is 14.0. The molecule has 26 heavy (non-hydrogen) atoms. The molecule has 136 valence electrons. The van der Waals surface area contributed by atoms with E-state index in [0.717, 1.165) is 0 Å². The van der Waals surface area contributed by atoms with Gasteiger partial charge in [0.05, 0.1) is 5.92 Å². The minimum Gasteiger partial charge on any atom is -0.481 e. The summed E-state index contributed by atoms with van der Waals surface area (Å²) in [6.07, 6.45) is 1.26. The minimum atomic E-state index is -0.874. The van der Waals surface area contributed by atoms with Gasteiger partial charge in [-0.3, -0.25) is 4.79 Å². The summed E-state index contributed by atoms with van der Waals surface area (Å²) in [6, 6.07) is 12.2. The number of carboxylic acids is 1. The average Bonchev–Trinajstić information content (AvgIpc) is 2.63. The predicted octanol–water partition coefficient (Wildman–Crippen LogP) is 3.95. The summed E-state index contributed by atoms with van der Waals surface area (Å²) >= 11 is 0. The number of hydrogen-bond acceptors (Lipinski definition) is 3. The number of rotatable bonds is 4. The summed E-state index contributed by atoms with van der Waals surface area (Å²) in [5.74, 6) is -0.877. The van der Waals surface area contributed by atoms with Gasteiger partial charge in [-0.2, -0.15) is 0 Å². The predicted molar refractivity (Wildman–Crippen MR) is 93.9 cm³/mol. The largest absolute Gasteiger partial charge is 0.481 e. The van der Waals surface area contributed by atoms with E-state index in [2.05, 4.69) is 5.32 Å². The number of ether oxygens (including phenoxy) is 1. The fraction of sp³-hybridized carbons (Fsp3) is 0.263. The van der Waals surface area contributed by atoms with Gasteiger partial charge in [-0.05, 0) is 49.2 Å². The first-order valence-corrected chi connectivity index (χ1v) is 8.33. The van der Waals surface area contributed by atoms with Crippen LogP contribution < -0.4 is 10.1 Å². The van der Waals surface area contributed by atoms with Crippen molar-refractivity contribution in [1.82, 2.24) is 4.90 Å². The van der Waals surface area contributed by atoms with Crippen molar-refractivity contribution in [2.75, 3.05) is 18.4 Å². The maximum Gasteiger partial charge on any atom is 0.321 e. The lowest BCUT2D eigenvalue weighted by Crippen LogP contribution is -2.44. The second-order valence-electron chi connectivity index (χ2n) is 6.14. The average molecular weight is 358 g/mol. The van der Waals surface area contributed by atoms with E-state index in [1.807, 2.05) is 0 Å². The fourth-order valence-corrected chi connectivity index (χ4v) is 2.84. The van der Waals surface area contributed by atoms with Gasteiger partial charge in [0.15, 0.2) is 0 Å². The Balaban J connectivity index is 1.58. The molecule has 3 rings (SSSR count). The molecule has 1 unspecified atom stereocenters. The van der Waals surface area contributed by atoms with Crippen molar-refractivity contribution >= 4 is 17.7 Å². The summed E-state index contributed by atoms with van der Waals surface area (Å²) in [5.41, 5.74) is 0.569. The molecule has 0 radical (unpaired) electrons. The van der Waals surface area contributed by atoms with Crippen LogP contribution in [0.1, 0.15) is 12.8 Å². The molecule has 1 aliphatic heterocycles. The van der Waals surface area contributed by atoms with Crippen LogP contribution >= 0.6 is 0 Å². The van der Waals surface area contributed by atoms with Gasteiger partial charge >= 0.3 is 12.0 Å². The lowest BCUT2D eigenvalue weighted by atomic mass is 9.99. The number of likely N-dealkylation sites (tertiary alicyclic amines) is 1. The third-order valence-electron chi connectivity index (χ3n) is 4.20. The van der Waals surface area contributed by atoms with Crippen molar-refractivity contribution in [1.29, 1.82) is 0 Å². The van der Waals surface area contributed by atoms with Crippen LogP contribution in [0.3, 0.4) is 0 Å². The van der Waals surface area contributed by atoms with Crippen molar-refractivity contribution in [3.05, 3.63) is 54.3 Å². The molecule has 0 bridgehead atoms. The van der Waals surface area contributed by atoms with Crippen LogP contribution in [-0.4, -0.2) is 35.1 Å². The number of carboxylic acid groups (broad SMARTS) is 1. The smallest absolute Gasteiger partial charge is 0.321 e. The van der Waals surface area contributed by atoms with E-state index in [1.165, 1.54) is 17.0 Å². The molecule has 2 N–H and O–H groups in total. The number of carbonyl (C=O) groups excluding carboxylic acids is 1. The Bertz CT molecular complexity index is 794. The number of hydrogen-bond donors (Lipinski definition) is 2. The van der Waals surface area contributed by atoms with Crippen molar-refractivity contribution in [3.63, 3.8) is 0 Å². The number of anilines is 1. The second kappa shape index (κ2) is 7.86. The van der Waals surface area contributed by atoms with E-state index in [4.69, 9.17) is 9.84 Å². The molecule has 7 heteroatoms. The summed E-state index contributed by atoms with van der Waals surface area (Å²) in [6.45, 7) is 0.748. The topological polar surface area (TPSA) is 78.9 Å². The second-order valence-corrected chi connectivity index (χ2v) is 6.14. The number of benzene rings is 2.